The van der Waals surface area contributed by atoms with Crippen molar-refractivity contribution in [1.82, 2.24) is 14.9 Å². The van der Waals surface area contributed by atoms with Crippen LogP contribution in [0.15, 0.2) is 72.8 Å². The van der Waals surface area contributed by atoms with E-state index in [4.69, 9.17) is 9.97 Å². The van der Waals surface area contributed by atoms with Crippen LogP contribution in [0.25, 0.3) is 22.3 Å². The highest BCUT2D eigenvalue weighted by atomic mass is 16.4. The largest absolute Gasteiger partial charge is 0.507 e. The predicted octanol–water partition coefficient (Wildman–Crippen LogP) is 5.07. The van der Waals surface area contributed by atoms with Gasteiger partial charge in [0.15, 0.2) is 5.82 Å². The summed E-state index contributed by atoms with van der Waals surface area (Å²) in [5.74, 6) is 1.34. The van der Waals surface area contributed by atoms with E-state index >= 15 is 0 Å². The van der Waals surface area contributed by atoms with Crippen LogP contribution in [-0.2, 0) is 6.54 Å². The third kappa shape index (κ3) is 4.24. The number of aromatic nitrogens is 2. The van der Waals surface area contributed by atoms with Crippen LogP contribution in [0, 0.1) is 6.92 Å². The second kappa shape index (κ2) is 9.02. The van der Waals surface area contributed by atoms with Crippen molar-refractivity contribution in [3.63, 3.8) is 0 Å². The van der Waals surface area contributed by atoms with Gasteiger partial charge in [-0.15, -0.1) is 0 Å². The van der Waals surface area contributed by atoms with Crippen LogP contribution in [-0.4, -0.2) is 50.3 Å². The molecular formula is C27H26N4O3. The van der Waals surface area contributed by atoms with E-state index in [1.165, 1.54) is 4.90 Å². The van der Waals surface area contributed by atoms with Gasteiger partial charge in [0.1, 0.15) is 11.6 Å². The van der Waals surface area contributed by atoms with Gasteiger partial charge in [0.25, 0.3) is 0 Å². The Hall–Kier alpha value is -4.13. The Balaban J connectivity index is 1.50. The van der Waals surface area contributed by atoms with Gasteiger partial charge >= 0.3 is 6.09 Å². The van der Waals surface area contributed by atoms with Gasteiger partial charge in [-0.2, -0.15) is 0 Å². The molecule has 0 spiro atoms. The summed E-state index contributed by atoms with van der Waals surface area (Å²) in [7, 11) is 0. The van der Waals surface area contributed by atoms with Crippen LogP contribution in [0.3, 0.4) is 0 Å². The number of aromatic hydroxyl groups is 1. The Morgan fingerprint density at radius 2 is 1.82 bits per heavy atom. The van der Waals surface area contributed by atoms with Crippen molar-refractivity contribution in [3.05, 3.63) is 83.9 Å². The number of benzene rings is 3. The van der Waals surface area contributed by atoms with Gasteiger partial charge in [-0.25, -0.2) is 14.8 Å². The summed E-state index contributed by atoms with van der Waals surface area (Å²) >= 11 is 0. The van der Waals surface area contributed by atoms with Crippen LogP contribution >= 0.6 is 0 Å². The summed E-state index contributed by atoms with van der Waals surface area (Å²) < 4.78 is 0. The summed E-state index contributed by atoms with van der Waals surface area (Å²) in [6.45, 7) is 3.59. The number of phenols is 1. The summed E-state index contributed by atoms with van der Waals surface area (Å²) in [5, 5.41) is 21.2. The zero-order chi connectivity index (χ0) is 23.7. The molecule has 34 heavy (non-hydrogen) atoms. The average molecular weight is 455 g/mol. The fraction of sp³-hybridized carbons (Fsp3) is 0.222. The number of fused-ring (bicyclic) bond motifs is 1. The maximum absolute atomic E-state index is 12.1. The molecular weight excluding hydrogens is 428 g/mol. The highest BCUT2D eigenvalue weighted by Gasteiger charge is 2.32. The average Bonchev–Trinajstić information content (AvgIpc) is 3.32. The fourth-order valence-corrected chi connectivity index (χ4v) is 4.57. The van der Waals surface area contributed by atoms with E-state index in [0.717, 1.165) is 27.8 Å². The van der Waals surface area contributed by atoms with Crippen molar-refractivity contribution < 1.29 is 15.0 Å². The molecule has 172 valence electrons. The van der Waals surface area contributed by atoms with Gasteiger partial charge in [0.05, 0.1) is 17.1 Å². The van der Waals surface area contributed by atoms with E-state index in [1.807, 2.05) is 61.5 Å². The molecule has 1 amide bonds. The molecule has 1 aliphatic heterocycles. The number of phenolic OH excluding ortho intramolecular Hbond substituents is 1. The van der Waals surface area contributed by atoms with Gasteiger partial charge in [0.2, 0.25) is 0 Å². The molecule has 1 aliphatic rings. The highest BCUT2D eigenvalue weighted by molar-refractivity contribution is 5.92. The Bertz CT molecular complexity index is 1340. The van der Waals surface area contributed by atoms with Crippen LogP contribution < -0.4 is 4.90 Å². The number of carbonyl (C=O) groups is 1. The number of amides is 1. The minimum absolute atomic E-state index is 0.125. The van der Waals surface area contributed by atoms with E-state index in [1.54, 1.807) is 18.2 Å². The number of hydrogen-bond donors (Lipinski definition) is 2. The summed E-state index contributed by atoms with van der Waals surface area (Å²) in [6, 6.07) is 22.6. The lowest BCUT2D eigenvalue weighted by molar-refractivity contribution is 0.125. The Morgan fingerprint density at radius 1 is 1.06 bits per heavy atom. The quantitative estimate of drug-likeness (QED) is 0.438. The zero-order valence-corrected chi connectivity index (χ0v) is 18.9. The van der Waals surface area contributed by atoms with E-state index in [2.05, 4.69) is 4.90 Å². The number of rotatable bonds is 5. The monoisotopic (exact) mass is 454 g/mol. The first-order chi connectivity index (χ1) is 16.5. The lowest BCUT2D eigenvalue weighted by atomic mass is 10.1. The molecule has 0 aliphatic carbocycles. The van der Waals surface area contributed by atoms with Crippen molar-refractivity contribution in [1.29, 1.82) is 0 Å². The number of aryl methyl sites for hydroxylation is 1. The molecule has 2 N–H and O–H groups in total. The van der Waals surface area contributed by atoms with E-state index < -0.39 is 6.09 Å². The van der Waals surface area contributed by atoms with Crippen LogP contribution in [0.4, 0.5) is 10.6 Å². The van der Waals surface area contributed by atoms with Crippen molar-refractivity contribution in [2.24, 2.45) is 0 Å². The first-order valence-electron chi connectivity index (χ1n) is 11.3. The highest BCUT2D eigenvalue weighted by Crippen LogP contribution is 2.34. The van der Waals surface area contributed by atoms with Gasteiger partial charge < -0.3 is 15.1 Å². The molecule has 1 saturated heterocycles. The fourth-order valence-electron chi connectivity index (χ4n) is 4.57. The minimum Gasteiger partial charge on any atom is -0.507 e. The van der Waals surface area contributed by atoms with Gasteiger partial charge in [0, 0.05) is 25.0 Å². The van der Waals surface area contributed by atoms with Crippen molar-refractivity contribution in [3.8, 4) is 17.1 Å². The second-order valence-electron chi connectivity index (χ2n) is 8.69. The van der Waals surface area contributed by atoms with Crippen molar-refractivity contribution in [2.75, 3.05) is 18.0 Å². The third-order valence-electron chi connectivity index (χ3n) is 6.32. The Morgan fingerprint density at radius 3 is 2.59 bits per heavy atom. The Labute approximate surface area is 197 Å². The molecule has 1 fully saturated rings. The lowest BCUT2D eigenvalue weighted by Crippen LogP contribution is -2.40. The maximum atomic E-state index is 12.1. The second-order valence-corrected chi connectivity index (χ2v) is 8.69. The standard InChI is InChI=1S/C27H26N4O3/c1-18-11-12-21-23(15-18)28-25(22-9-5-6-10-24(22)32)29-26(21)30-14-13-20(17-30)31(27(33)34)16-19-7-3-2-4-8-19/h2-12,15,20,32H,13-14,16-17H2,1H3,(H,33,34)/t20-/m1/s1. The molecule has 7 nitrogen and oxygen atoms in total. The van der Waals surface area contributed by atoms with Crippen molar-refractivity contribution >= 4 is 22.8 Å². The van der Waals surface area contributed by atoms with Gasteiger partial charge in [-0.3, -0.25) is 4.90 Å². The smallest absolute Gasteiger partial charge is 0.407 e. The number of hydrogen-bond acceptors (Lipinski definition) is 5. The molecule has 5 rings (SSSR count). The third-order valence-corrected chi connectivity index (χ3v) is 6.32. The molecule has 3 aromatic carbocycles. The van der Waals surface area contributed by atoms with E-state index in [0.29, 0.717) is 37.4 Å². The normalized spacial score (nSPS) is 15.6. The van der Waals surface area contributed by atoms with E-state index in [-0.39, 0.29) is 11.8 Å². The first-order valence-corrected chi connectivity index (χ1v) is 11.3. The first kappa shape index (κ1) is 21.7. The lowest BCUT2D eigenvalue weighted by Gasteiger charge is -2.27. The van der Waals surface area contributed by atoms with Gasteiger partial charge in [-0.05, 0) is 48.7 Å². The molecule has 0 saturated carbocycles. The van der Waals surface area contributed by atoms with Crippen LogP contribution in [0.2, 0.25) is 0 Å². The number of nitrogens with zero attached hydrogens (tertiary/aromatic N) is 4. The topological polar surface area (TPSA) is 89.8 Å². The summed E-state index contributed by atoms with van der Waals surface area (Å²) in [6.07, 6.45) is -0.212. The maximum Gasteiger partial charge on any atom is 0.407 e. The van der Waals surface area contributed by atoms with Gasteiger partial charge in [-0.1, -0.05) is 48.5 Å². The van der Waals surface area contributed by atoms with Crippen molar-refractivity contribution in [2.45, 2.75) is 25.9 Å². The molecule has 1 aromatic heterocycles. The zero-order valence-electron chi connectivity index (χ0n) is 18.9. The summed E-state index contributed by atoms with van der Waals surface area (Å²) in [5.41, 5.74) is 3.41. The number of anilines is 1. The molecule has 0 bridgehead atoms. The SMILES string of the molecule is Cc1ccc2c(N3CC[C@@H](N(Cc4ccccc4)C(=O)O)C3)nc(-c3ccccc3O)nc2c1. The summed E-state index contributed by atoms with van der Waals surface area (Å²) in [4.78, 5) is 25.4. The molecule has 0 radical (unpaired) electrons. The molecule has 2 heterocycles. The predicted molar refractivity (Wildman–Crippen MR) is 132 cm³/mol. The molecule has 4 aromatic rings. The number of carboxylic acid groups (broad SMARTS) is 1. The number of para-hydroxylation sites is 1. The van der Waals surface area contributed by atoms with Crippen LogP contribution in [0.1, 0.15) is 17.5 Å². The molecule has 0 unspecified atom stereocenters. The van der Waals surface area contributed by atoms with E-state index in [9.17, 15) is 15.0 Å². The van der Waals surface area contributed by atoms with Crippen LogP contribution in [0.5, 0.6) is 5.75 Å². The minimum atomic E-state index is -0.922. The molecule has 7 heteroatoms. The Kier molecular flexibility index (Phi) is 5.76. The molecule has 1 atom stereocenters.